The molecule has 0 unspecified atom stereocenters. The van der Waals surface area contributed by atoms with Crippen LogP contribution in [0.25, 0.3) is 0 Å². The Labute approximate surface area is 109 Å². The normalized spacial score (nSPS) is 18.5. The Morgan fingerprint density at radius 3 is 2.05 bits per heavy atom. The molecule has 0 radical (unpaired) electrons. The molecule has 1 aliphatic rings. The van der Waals surface area contributed by atoms with Gasteiger partial charge in [-0.15, -0.1) is 0 Å². The monoisotopic (exact) mass is 281 g/mol. The van der Waals surface area contributed by atoms with E-state index in [9.17, 15) is 22.8 Å². The van der Waals surface area contributed by atoms with E-state index in [1.807, 2.05) is 0 Å². The predicted molar refractivity (Wildman–Crippen MR) is 61.4 cm³/mol. The first-order valence-electron chi connectivity index (χ1n) is 6.12. The predicted octanol–water partition coefficient (Wildman–Crippen LogP) is 2.29. The van der Waals surface area contributed by atoms with Crippen molar-refractivity contribution in [3.63, 3.8) is 0 Å². The number of hydrogen-bond donors (Lipinski definition) is 1. The second-order valence-electron chi connectivity index (χ2n) is 5.56. The molecule has 0 aromatic carbocycles. The first kappa shape index (κ1) is 15.8. The number of likely N-dealkylation sites (tertiary alicyclic amines) is 1. The molecular formula is C12H18F3NO3. The Morgan fingerprint density at radius 2 is 1.68 bits per heavy atom. The summed E-state index contributed by atoms with van der Waals surface area (Å²) in [6.45, 7) is 2.93. The van der Waals surface area contributed by atoms with Crippen molar-refractivity contribution < 1.29 is 27.9 Å². The highest BCUT2D eigenvalue weighted by Crippen LogP contribution is 2.34. The van der Waals surface area contributed by atoms with Crippen molar-refractivity contribution >= 4 is 11.9 Å². The van der Waals surface area contributed by atoms with Gasteiger partial charge in [-0.05, 0) is 26.7 Å². The van der Waals surface area contributed by atoms with Crippen molar-refractivity contribution in [2.75, 3.05) is 13.1 Å². The summed E-state index contributed by atoms with van der Waals surface area (Å²) in [5.41, 5.74) is -1.20. The Morgan fingerprint density at radius 1 is 1.21 bits per heavy atom. The first-order valence-corrected chi connectivity index (χ1v) is 6.12. The molecule has 7 heteroatoms. The van der Waals surface area contributed by atoms with Crippen molar-refractivity contribution in [2.45, 2.75) is 39.3 Å². The minimum Gasteiger partial charge on any atom is -0.481 e. The summed E-state index contributed by atoms with van der Waals surface area (Å²) in [7, 11) is 0. The van der Waals surface area contributed by atoms with Gasteiger partial charge in [0.1, 0.15) is 0 Å². The van der Waals surface area contributed by atoms with E-state index >= 15 is 0 Å². The molecule has 1 saturated heterocycles. The third-order valence-electron chi connectivity index (χ3n) is 3.48. The van der Waals surface area contributed by atoms with Crippen LogP contribution in [0.1, 0.15) is 33.1 Å². The van der Waals surface area contributed by atoms with Crippen LogP contribution < -0.4 is 0 Å². The average Bonchev–Trinajstić information content (AvgIpc) is 2.27. The molecule has 0 bridgehead atoms. The topological polar surface area (TPSA) is 57.6 Å². The summed E-state index contributed by atoms with van der Waals surface area (Å²) in [5, 5.41) is 8.92. The molecule has 1 N–H and O–H groups in total. The number of nitrogens with zero attached hydrogens (tertiary/aromatic N) is 1. The quantitative estimate of drug-likeness (QED) is 0.863. The number of carboxylic acid groups (broad SMARTS) is 1. The highest BCUT2D eigenvalue weighted by molar-refractivity contribution is 5.84. The second-order valence-corrected chi connectivity index (χ2v) is 5.56. The number of piperidine rings is 1. The van der Waals surface area contributed by atoms with Crippen LogP contribution >= 0.6 is 0 Å². The molecule has 0 atom stereocenters. The number of carboxylic acids is 1. The van der Waals surface area contributed by atoms with E-state index in [-0.39, 0.29) is 32.4 Å². The smallest absolute Gasteiger partial charge is 0.391 e. The highest BCUT2D eigenvalue weighted by Gasteiger charge is 2.42. The van der Waals surface area contributed by atoms with Gasteiger partial charge in [0.25, 0.3) is 0 Å². The zero-order valence-electron chi connectivity index (χ0n) is 11.0. The molecule has 1 heterocycles. The van der Waals surface area contributed by atoms with Gasteiger partial charge in [0.05, 0.1) is 11.3 Å². The number of rotatable bonds is 3. The molecule has 110 valence electrons. The molecule has 0 aromatic heterocycles. The molecule has 1 fully saturated rings. The molecule has 1 aliphatic heterocycles. The third kappa shape index (κ3) is 4.11. The van der Waals surface area contributed by atoms with Crippen LogP contribution in [0.3, 0.4) is 0 Å². The lowest BCUT2D eigenvalue weighted by atomic mass is 9.88. The zero-order valence-corrected chi connectivity index (χ0v) is 11.0. The van der Waals surface area contributed by atoms with Crippen molar-refractivity contribution in [2.24, 2.45) is 11.3 Å². The van der Waals surface area contributed by atoms with E-state index in [2.05, 4.69) is 0 Å². The molecule has 1 amide bonds. The van der Waals surface area contributed by atoms with Crippen LogP contribution in [0.15, 0.2) is 0 Å². The molecule has 1 rings (SSSR count). The van der Waals surface area contributed by atoms with E-state index in [0.717, 1.165) is 0 Å². The number of alkyl halides is 3. The molecule has 4 nitrogen and oxygen atoms in total. The van der Waals surface area contributed by atoms with Gasteiger partial charge in [-0.3, -0.25) is 9.59 Å². The van der Waals surface area contributed by atoms with Crippen LogP contribution in [0, 0.1) is 11.3 Å². The van der Waals surface area contributed by atoms with Gasteiger partial charge in [0.2, 0.25) is 5.91 Å². The highest BCUT2D eigenvalue weighted by atomic mass is 19.4. The third-order valence-corrected chi connectivity index (χ3v) is 3.48. The Balaban J connectivity index is 2.52. The Kier molecular flexibility index (Phi) is 4.47. The van der Waals surface area contributed by atoms with Gasteiger partial charge < -0.3 is 10.0 Å². The van der Waals surface area contributed by atoms with Crippen LogP contribution in [0.5, 0.6) is 0 Å². The van der Waals surface area contributed by atoms with Crippen molar-refractivity contribution in [3.8, 4) is 0 Å². The number of hydrogen-bond acceptors (Lipinski definition) is 2. The standard InChI is InChI=1S/C12H18F3NO3/c1-11(2,10(18)19)7-9(17)16-5-3-8(4-6-16)12(13,14)15/h8H,3-7H2,1-2H3,(H,18,19). The van der Waals surface area contributed by atoms with E-state index in [0.29, 0.717) is 0 Å². The van der Waals surface area contributed by atoms with Gasteiger partial charge in [-0.2, -0.15) is 13.2 Å². The minimum atomic E-state index is -4.21. The second kappa shape index (κ2) is 5.38. The fourth-order valence-electron chi connectivity index (χ4n) is 2.02. The molecular weight excluding hydrogens is 263 g/mol. The maximum atomic E-state index is 12.5. The summed E-state index contributed by atoms with van der Waals surface area (Å²) < 4.78 is 37.4. The summed E-state index contributed by atoms with van der Waals surface area (Å²) in [6, 6.07) is 0. The van der Waals surface area contributed by atoms with Crippen LogP contribution in [-0.2, 0) is 9.59 Å². The fraction of sp³-hybridized carbons (Fsp3) is 0.833. The van der Waals surface area contributed by atoms with E-state index in [1.165, 1.54) is 18.7 Å². The Hall–Kier alpha value is -1.27. The van der Waals surface area contributed by atoms with Crippen LogP contribution in [-0.4, -0.2) is 41.1 Å². The maximum absolute atomic E-state index is 12.5. The summed E-state index contributed by atoms with van der Waals surface area (Å²) >= 11 is 0. The number of halogens is 3. The lowest BCUT2D eigenvalue weighted by Crippen LogP contribution is -2.44. The first-order chi connectivity index (χ1) is 8.54. The molecule has 0 aromatic rings. The van der Waals surface area contributed by atoms with Crippen LogP contribution in [0.2, 0.25) is 0 Å². The number of carbonyl (C=O) groups excluding carboxylic acids is 1. The SMILES string of the molecule is CC(C)(CC(=O)N1CCC(C(F)(F)F)CC1)C(=O)O. The van der Waals surface area contributed by atoms with Gasteiger partial charge in [0, 0.05) is 19.5 Å². The summed E-state index contributed by atoms with van der Waals surface area (Å²) in [6.07, 6.45) is -4.63. The molecule has 0 saturated carbocycles. The lowest BCUT2D eigenvalue weighted by molar-refractivity contribution is -0.186. The van der Waals surface area contributed by atoms with Crippen LogP contribution in [0.4, 0.5) is 13.2 Å². The van der Waals surface area contributed by atoms with E-state index in [1.54, 1.807) is 0 Å². The van der Waals surface area contributed by atoms with Crippen molar-refractivity contribution in [3.05, 3.63) is 0 Å². The summed E-state index contributed by atoms with van der Waals surface area (Å²) in [5.74, 6) is -2.84. The number of carbonyl (C=O) groups is 2. The van der Waals surface area contributed by atoms with E-state index in [4.69, 9.17) is 5.11 Å². The van der Waals surface area contributed by atoms with Crippen molar-refractivity contribution in [1.82, 2.24) is 4.90 Å². The minimum absolute atomic E-state index is 0.0404. The number of aliphatic carboxylic acids is 1. The Bertz CT molecular complexity index is 358. The fourth-order valence-corrected chi connectivity index (χ4v) is 2.02. The lowest BCUT2D eigenvalue weighted by Gasteiger charge is -2.34. The van der Waals surface area contributed by atoms with Gasteiger partial charge in [0.15, 0.2) is 0 Å². The molecule has 0 aliphatic carbocycles. The van der Waals surface area contributed by atoms with Gasteiger partial charge >= 0.3 is 12.1 Å². The number of amides is 1. The zero-order chi connectivity index (χ0) is 14.8. The van der Waals surface area contributed by atoms with Gasteiger partial charge in [-0.25, -0.2) is 0 Å². The largest absolute Gasteiger partial charge is 0.481 e. The maximum Gasteiger partial charge on any atom is 0.391 e. The molecule has 19 heavy (non-hydrogen) atoms. The average molecular weight is 281 g/mol. The van der Waals surface area contributed by atoms with Gasteiger partial charge in [-0.1, -0.05) is 0 Å². The summed E-state index contributed by atoms with van der Waals surface area (Å²) in [4.78, 5) is 24.1. The van der Waals surface area contributed by atoms with Crippen molar-refractivity contribution in [1.29, 1.82) is 0 Å². The van der Waals surface area contributed by atoms with E-state index < -0.39 is 29.4 Å². The molecule has 0 spiro atoms.